The van der Waals surface area contributed by atoms with Gasteiger partial charge in [-0.05, 0) is 13.0 Å². The van der Waals surface area contributed by atoms with Crippen LogP contribution in [0.3, 0.4) is 0 Å². The summed E-state index contributed by atoms with van der Waals surface area (Å²) in [5.74, 6) is -0.119. The van der Waals surface area contributed by atoms with Crippen molar-refractivity contribution in [3.8, 4) is 0 Å². The average molecular weight is 177 g/mol. The first kappa shape index (κ1) is 8.23. The van der Waals surface area contributed by atoms with Gasteiger partial charge in [0.2, 0.25) is 0 Å². The van der Waals surface area contributed by atoms with Crippen molar-refractivity contribution in [2.24, 2.45) is 0 Å². The minimum absolute atomic E-state index is 0.119. The molecule has 1 aliphatic rings. The second-order valence-corrected chi connectivity index (χ2v) is 3.45. The molecule has 68 valence electrons. The Hall–Kier alpha value is -1.38. The third-order valence-corrected chi connectivity index (χ3v) is 2.42. The van der Waals surface area contributed by atoms with E-state index >= 15 is 0 Å². The second kappa shape index (κ2) is 2.83. The maximum atomic E-state index is 11.0. The zero-order valence-corrected chi connectivity index (χ0v) is 7.49. The van der Waals surface area contributed by atoms with E-state index in [-0.39, 0.29) is 5.97 Å². The first-order valence-corrected chi connectivity index (χ1v) is 4.33. The van der Waals surface area contributed by atoms with E-state index in [1.54, 1.807) is 12.4 Å². The molecular weight excluding hydrogens is 166 g/mol. The highest BCUT2D eigenvalue weighted by molar-refractivity contribution is 5.72. The van der Waals surface area contributed by atoms with Crippen LogP contribution in [-0.4, -0.2) is 11.0 Å². The first-order chi connectivity index (χ1) is 6.21. The van der Waals surface area contributed by atoms with Gasteiger partial charge in [-0.1, -0.05) is 6.07 Å². The molecular formula is C10H11NO2. The van der Waals surface area contributed by atoms with Crippen LogP contribution in [0.5, 0.6) is 0 Å². The number of esters is 1. The Balaban J connectivity index is 2.31. The van der Waals surface area contributed by atoms with Gasteiger partial charge in [-0.15, -0.1) is 0 Å². The van der Waals surface area contributed by atoms with Gasteiger partial charge in [0.1, 0.15) is 5.60 Å². The lowest BCUT2D eigenvalue weighted by Crippen LogP contribution is -2.20. The quantitative estimate of drug-likeness (QED) is 0.612. The SMILES string of the molecule is CC1(c2cccnc2)CCC(=O)O1. The Morgan fingerprint density at radius 2 is 2.46 bits per heavy atom. The van der Waals surface area contributed by atoms with E-state index in [9.17, 15) is 4.79 Å². The number of ether oxygens (including phenoxy) is 1. The van der Waals surface area contributed by atoms with Crippen LogP contribution < -0.4 is 0 Å². The highest BCUT2D eigenvalue weighted by Gasteiger charge is 2.37. The van der Waals surface area contributed by atoms with Crippen molar-refractivity contribution in [2.75, 3.05) is 0 Å². The number of hydrogen-bond donors (Lipinski definition) is 0. The Kier molecular flexibility index (Phi) is 1.79. The Labute approximate surface area is 76.7 Å². The molecule has 2 heterocycles. The molecule has 3 heteroatoms. The molecule has 0 aliphatic carbocycles. The Bertz CT molecular complexity index is 323. The average Bonchev–Trinajstić information content (AvgIpc) is 2.49. The summed E-state index contributed by atoms with van der Waals surface area (Å²) < 4.78 is 5.26. The van der Waals surface area contributed by atoms with Gasteiger partial charge in [0, 0.05) is 30.8 Å². The fourth-order valence-corrected chi connectivity index (χ4v) is 1.57. The fourth-order valence-electron chi connectivity index (χ4n) is 1.57. The van der Waals surface area contributed by atoms with Crippen molar-refractivity contribution in [1.82, 2.24) is 4.98 Å². The third-order valence-electron chi connectivity index (χ3n) is 2.42. The monoisotopic (exact) mass is 177 g/mol. The lowest BCUT2D eigenvalue weighted by atomic mass is 9.95. The first-order valence-electron chi connectivity index (χ1n) is 4.33. The van der Waals surface area contributed by atoms with Crippen LogP contribution >= 0.6 is 0 Å². The molecule has 0 bridgehead atoms. The minimum Gasteiger partial charge on any atom is -0.454 e. The van der Waals surface area contributed by atoms with Gasteiger partial charge < -0.3 is 4.74 Å². The van der Waals surface area contributed by atoms with E-state index in [0.717, 1.165) is 12.0 Å². The molecule has 0 saturated carbocycles. The highest BCUT2D eigenvalue weighted by Crippen LogP contribution is 2.35. The molecule has 0 N–H and O–H groups in total. The molecule has 1 aromatic rings. The van der Waals surface area contributed by atoms with E-state index in [2.05, 4.69) is 4.98 Å². The second-order valence-electron chi connectivity index (χ2n) is 3.45. The van der Waals surface area contributed by atoms with E-state index in [1.165, 1.54) is 0 Å². The molecule has 3 nitrogen and oxygen atoms in total. The predicted molar refractivity (Wildman–Crippen MR) is 46.9 cm³/mol. The Morgan fingerprint density at radius 3 is 3.00 bits per heavy atom. The molecule has 2 rings (SSSR count). The molecule has 0 aromatic carbocycles. The van der Waals surface area contributed by atoms with Gasteiger partial charge in [0.25, 0.3) is 0 Å². The normalized spacial score (nSPS) is 27.3. The van der Waals surface area contributed by atoms with Crippen LogP contribution in [0.2, 0.25) is 0 Å². The lowest BCUT2D eigenvalue weighted by Gasteiger charge is -2.22. The van der Waals surface area contributed by atoms with Crippen molar-refractivity contribution in [2.45, 2.75) is 25.4 Å². The zero-order chi connectivity index (χ0) is 9.31. The van der Waals surface area contributed by atoms with Crippen molar-refractivity contribution in [3.05, 3.63) is 30.1 Å². The van der Waals surface area contributed by atoms with Crippen molar-refractivity contribution in [3.63, 3.8) is 0 Å². The summed E-state index contributed by atoms with van der Waals surface area (Å²) in [5, 5.41) is 0. The predicted octanol–water partition coefficient (Wildman–Crippen LogP) is 1.63. The number of hydrogen-bond acceptors (Lipinski definition) is 3. The third kappa shape index (κ3) is 1.41. The van der Waals surface area contributed by atoms with Crippen LogP contribution in [0.4, 0.5) is 0 Å². The van der Waals surface area contributed by atoms with Crippen molar-refractivity contribution < 1.29 is 9.53 Å². The van der Waals surface area contributed by atoms with Gasteiger partial charge in [-0.2, -0.15) is 0 Å². The maximum absolute atomic E-state index is 11.0. The molecule has 1 aromatic heterocycles. The van der Waals surface area contributed by atoms with E-state index in [1.807, 2.05) is 19.1 Å². The standard InChI is InChI=1S/C10H11NO2/c1-10(5-4-9(12)13-10)8-3-2-6-11-7-8/h2-3,6-7H,4-5H2,1H3. The summed E-state index contributed by atoms with van der Waals surface area (Å²) >= 11 is 0. The number of carbonyl (C=O) groups excluding carboxylic acids is 1. The molecule has 0 spiro atoms. The molecule has 1 unspecified atom stereocenters. The summed E-state index contributed by atoms with van der Waals surface area (Å²) in [6.45, 7) is 1.93. The maximum Gasteiger partial charge on any atom is 0.306 e. The molecule has 13 heavy (non-hydrogen) atoms. The van der Waals surface area contributed by atoms with Gasteiger partial charge in [0.05, 0.1) is 0 Å². The van der Waals surface area contributed by atoms with E-state index in [0.29, 0.717) is 6.42 Å². The fraction of sp³-hybridized carbons (Fsp3) is 0.400. The summed E-state index contributed by atoms with van der Waals surface area (Å²) in [6, 6.07) is 3.79. The van der Waals surface area contributed by atoms with Crippen LogP contribution in [-0.2, 0) is 15.1 Å². The van der Waals surface area contributed by atoms with Gasteiger partial charge >= 0.3 is 5.97 Å². The van der Waals surface area contributed by atoms with Gasteiger partial charge in [0.15, 0.2) is 0 Å². The number of cyclic esters (lactones) is 1. The van der Waals surface area contributed by atoms with Gasteiger partial charge in [-0.25, -0.2) is 0 Å². The molecule has 0 amide bonds. The summed E-state index contributed by atoms with van der Waals surface area (Å²) in [4.78, 5) is 15.0. The smallest absolute Gasteiger partial charge is 0.306 e. The summed E-state index contributed by atoms with van der Waals surface area (Å²) in [5.41, 5.74) is 0.520. The number of rotatable bonds is 1. The number of aromatic nitrogens is 1. The van der Waals surface area contributed by atoms with Crippen LogP contribution in [0.1, 0.15) is 25.3 Å². The number of nitrogens with zero attached hydrogens (tertiary/aromatic N) is 1. The highest BCUT2D eigenvalue weighted by atomic mass is 16.6. The van der Waals surface area contributed by atoms with E-state index in [4.69, 9.17) is 4.74 Å². The van der Waals surface area contributed by atoms with Crippen LogP contribution in [0.25, 0.3) is 0 Å². The lowest BCUT2D eigenvalue weighted by molar-refractivity contribution is -0.147. The Morgan fingerprint density at radius 1 is 1.62 bits per heavy atom. The zero-order valence-electron chi connectivity index (χ0n) is 7.49. The molecule has 1 atom stereocenters. The summed E-state index contributed by atoms with van der Waals surface area (Å²) in [6.07, 6.45) is 4.71. The van der Waals surface area contributed by atoms with Crippen molar-refractivity contribution >= 4 is 5.97 Å². The molecule has 1 fully saturated rings. The molecule has 1 aliphatic heterocycles. The van der Waals surface area contributed by atoms with Gasteiger partial charge in [-0.3, -0.25) is 9.78 Å². The number of pyridine rings is 1. The topological polar surface area (TPSA) is 39.2 Å². The number of carbonyl (C=O) groups is 1. The van der Waals surface area contributed by atoms with E-state index < -0.39 is 5.60 Å². The van der Waals surface area contributed by atoms with Crippen LogP contribution in [0.15, 0.2) is 24.5 Å². The van der Waals surface area contributed by atoms with Crippen molar-refractivity contribution in [1.29, 1.82) is 0 Å². The summed E-state index contributed by atoms with van der Waals surface area (Å²) in [7, 11) is 0. The molecule has 1 saturated heterocycles. The van der Waals surface area contributed by atoms with Crippen LogP contribution in [0, 0.1) is 0 Å². The minimum atomic E-state index is -0.453. The molecule has 0 radical (unpaired) electrons. The largest absolute Gasteiger partial charge is 0.454 e.